The summed E-state index contributed by atoms with van der Waals surface area (Å²) in [6.45, 7) is 5.85. The Labute approximate surface area is 210 Å². The zero-order valence-corrected chi connectivity index (χ0v) is 20.4. The van der Waals surface area contributed by atoms with Gasteiger partial charge in [-0.05, 0) is 60.9 Å². The highest BCUT2D eigenvalue weighted by molar-refractivity contribution is 6.09. The van der Waals surface area contributed by atoms with Gasteiger partial charge in [0.1, 0.15) is 12.4 Å². The van der Waals surface area contributed by atoms with Crippen LogP contribution in [0.2, 0.25) is 0 Å². The van der Waals surface area contributed by atoms with E-state index in [4.69, 9.17) is 0 Å². The predicted octanol–water partition coefficient (Wildman–Crippen LogP) is 3.30. The van der Waals surface area contributed by atoms with Crippen molar-refractivity contribution in [2.45, 2.75) is 13.3 Å². The van der Waals surface area contributed by atoms with E-state index >= 15 is 0 Å². The van der Waals surface area contributed by atoms with E-state index in [0.717, 1.165) is 42.5 Å². The average molecular weight is 483 g/mol. The van der Waals surface area contributed by atoms with Crippen LogP contribution in [-0.2, 0) is 11.2 Å². The van der Waals surface area contributed by atoms with Crippen LogP contribution in [0.15, 0.2) is 73.3 Å². The standard InChI is InChI=1S/C28H30N6O2/c1-21-19-31-25-18-23(5-6-24(21)25)28(36)34(26-4-2-3-10-30-26)20-27(35)33-16-14-32(15-17-33)13-9-22-7-11-29-12-8-22/h2-8,10-12,18-19,31H,9,13-17,20H2,1H3. The number of piperazine rings is 1. The third-order valence-electron chi connectivity index (χ3n) is 6.79. The molecule has 5 rings (SSSR count). The molecule has 0 radical (unpaired) electrons. The molecule has 1 N–H and O–H groups in total. The van der Waals surface area contributed by atoms with Crippen LogP contribution >= 0.6 is 0 Å². The van der Waals surface area contributed by atoms with Gasteiger partial charge >= 0.3 is 0 Å². The van der Waals surface area contributed by atoms with Crippen molar-refractivity contribution in [1.82, 2.24) is 24.8 Å². The Morgan fingerprint density at radius 3 is 2.56 bits per heavy atom. The number of hydrogen-bond acceptors (Lipinski definition) is 5. The first kappa shape index (κ1) is 23.7. The smallest absolute Gasteiger partial charge is 0.259 e. The number of carbonyl (C=O) groups excluding carboxylic acids is 2. The fraction of sp³-hybridized carbons (Fsp3) is 0.286. The van der Waals surface area contributed by atoms with Crippen LogP contribution in [0.5, 0.6) is 0 Å². The third kappa shape index (κ3) is 5.28. The maximum Gasteiger partial charge on any atom is 0.259 e. The van der Waals surface area contributed by atoms with E-state index in [9.17, 15) is 9.59 Å². The first-order valence-electron chi connectivity index (χ1n) is 12.3. The minimum Gasteiger partial charge on any atom is -0.361 e. The number of carbonyl (C=O) groups is 2. The number of benzene rings is 1. The van der Waals surface area contributed by atoms with Crippen LogP contribution in [0, 0.1) is 6.92 Å². The van der Waals surface area contributed by atoms with Crippen molar-refractivity contribution in [3.8, 4) is 0 Å². The van der Waals surface area contributed by atoms with Gasteiger partial charge in [-0.25, -0.2) is 4.98 Å². The Bertz CT molecular complexity index is 1330. The number of fused-ring (bicyclic) bond motifs is 1. The summed E-state index contributed by atoms with van der Waals surface area (Å²) >= 11 is 0. The van der Waals surface area contributed by atoms with E-state index in [1.54, 1.807) is 18.3 Å². The quantitative estimate of drug-likeness (QED) is 0.437. The van der Waals surface area contributed by atoms with Crippen molar-refractivity contribution in [2.75, 3.05) is 44.2 Å². The van der Waals surface area contributed by atoms with Gasteiger partial charge in [0, 0.05) is 74.0 Å². The van der Waals surface area contributed by atoms with E-state index in [1.807, 2.05) is 66.8 Å². The molecule has 8 nitrogen and oxygen atoms in total. The molecule has 4 aromatic rings. The molecule has 1 saturated heterocycles. The summed E-state index contributed by atoms with van der Waals surface area (Å²) in [7, 11) is 0. The van der Waals surface area contributed by atoms with Gasteiger partial charge in [-0.3, -0.25) is 24.4 Å². The van der Waals surface area contributed by atoms with Crippen molar-refractivity contribution in [1.29, 1.82) is 0 Å². The second kappa shape index (κ2) is 10.7. The lowest BCUT2D eigenvalue weighted by Crippen LogP contribution is -2.52. The van der Waals surface area contributed by atoms with Gasteiger partial charge in [0.25, 0.3) is 5.91 Å². The second-order valence-corrected chi connectivity index (χ2v) is 9.14. The number of nitrogens with one attached hydrogen (secondary N) is 1. The largest absolute Gasteiger partial charge is 0.361 e. The molecule has 2 amide bonds. The lowest BCUT2D eigenvalue weighted by molar-refractivity contribution is -0.131. The zero-order valence-electron chi connectivity index (χ0n) is 20.4. The summed E-state index contributed by atoms with van der Waals surface area (Å²) in [5, 5.41) is 1.08. The van der Waals surface area contributed by atoms with E-state index < -0.39 is 0 Å². The highest BCUT2D eigenvalue weighted by Crippen LogP contribution is 2.21. The molecular formula is C28H30N6O2. The monoisotopic (exact) mass is 482 g/mol. The van der Waals surface area contributed by atoms with E-state index in [0.29, 0.717) is 24.5 Å². The van der Waals surface area contributed by atoms with E-state index in [2.05, 4.69) is 19.9 Å². The topological polar surface area (TPSA) is 85.4 Å². The number of aryl methyl sites for hydroxylation is 1. The SMILES string of the molecule is Cc1c[nH]c2cc(C(=O)N(CC(=O)N3CCN(CCc4ccncc4)CC3)c3ccccn3)ccc12. The molecule has 0 saturated carbocycles. The van der Waals surface area contributed by atoms with Crippen LogP contribution in [0.4, 0.5) is 5.82 Å². The zero-order chi connectivity index (χ0) is 24.9. The number of anilines is 1. The van der Waals surface area contributed by atoms with Gasteiger partial charge in [0.05, 0.1) is 0 Å². The number of H-pyrrole nitrogens is 1. The number of nitrogens with zero attached hydrogens (tertiary/aromatic N) is 5. The Kier molecular flexibility index (Phi) is 7.04. The van der Waals surface area contributed by atoms with Crippen LogP contribution in [-0.4, -0.2) is 75.8 Å². The highest BCUT2D eigenvalue weighted by Gasteiger charge is 2.27. The molecule has 1 aliphatic heterocycles. The fourth-order valence-electron chi connectivity index (χ4n) is 4.62. The van der Waals surface area contributed by atoms with Crippen LogP contribution in [0.25, 0.3) is 10.9 Å². The molecule has 0 spiro atoms. The molecule has 1 aromatic carbocycles. The predicted molar refractivity (Wildman–Crippen MR) is 140 cm³/mol. The Hall–Kier alpha value is -4.04. The van der Waals surface area contributed by atoms with Crippen LogP contribution < -0.4 is 4.90 Å². The number of amides is 2. The molecule has 4 heterocycles. The molecule has 0 atom stereocenters. The number of aromatic nitrogens is 3. The number of hydrogen-bond donors (Lipinski definition) is 1. The van der Waals surface area contributed by atoms with Crippen LogP contribution in [0.1, 0.15) is 21.5 Å². The minimum absolute atomic E-state index is 0.0470. The van der Waals surface area contributed by atoms with Crippen molar-refractivity contribution >= 4 is 28.5 Å². The second-order valence-electron chi connectivity index (χ2n) is 9.14. The number of rotatable bonds is 7. The molecule has 0 bridgehead atoms. The Morgan fingerprint density at radius 2 is 1.81 bits per heavy atom. The van der Waals surface area contributed by atoms with Gasteiger partial charge in [-0.15, -0.1) is 0 Å². The average Bonchev–Trinajstić information content (AvgIpc) is 3.31. The van der Waals surface area contributed by atoms with Gasteiger partial charge in [0.2, 0.25) is 5.91 Å². The molecule has 3 aromatic heterocycles. The molecule has 1 aliphatic rings. The summed E-state index contributed by atoms with van der Waals surface area (Å²) in [5.41, 5.74) is 3.80. The Balaban J connectivity index is 1.25. The summed E-state index contributed by atoms with van der Waals surface area (Å²) in [6.07, 6.45) is 8.16. The highest BCUT2D eigenvalue weighted by atomic mass is 16.2. The van der Waals surface area contributed by atoms with Crippen molar-refractivity contribution < 1.29 is 9.59 Å². The van der Waals surface area contributed by atoms with E-state index in [1.165, 1.54) is 10.5 Å². The molecule has 0 aliphatic carbocycles. The fourth-order valence-corrected chi connectivity index (χ4v) is 4.62. The number of pyridine rings is 2. The number of aromatic amines is 1. The minimum atomic E-state index is -0.243. The summed E-state index contributed by atoms with van der Waals surface area (Å²) in [4.78, 5) is 44.2. The molecule has 36 heavy (non-hydrogen) atoms. The lowest BCUT2D eigenvalue weighted by Gasteiger charge is -2.35. The first-order valence-corrected chi connectivity index (χ1v) is 12.3. The molecular weight excluding hydrogens is 452 g/mol. The van der Waals surface area contributed by atoms with Gasteiger partial charge in [0.15, 0.2) is 0 Å². The van der Waals surface area contributed by atoms with Gasteiger partial charge < -0.3 is 9.88 Å². The van der Waals surface area contributed by atoms with Gasteiger partial charge in [-0.2, -0.15) is 0 Å². The summed E-state index contributed by atoms with van der Waals surface area (Å²) in [5.74, 6) is 0.154. The lowest BCUT2D eigenvalue weighted by atomic mass is 10.1. The molecule has 8 heteroatoms. The summed E-state index contributed by atoms with van der Waals surface area (Å²) in [6, 6.07) is 15.1. The van der Waals surface area contributed by atoms with Crippen molar-refractivity contribution in [3.05, 3.63) is 90.0 Å². The normalized spacial score (nSPS) is 14.2. The van der Waals surface area contributed by atoms with E-state index in [-0.39, 0.29) is 18.4 Å². The maximum atomic E-state index is 13.6. The molecule has 0 unspecified atom stereocenters. The van der Waals surface area contributed by atoms with Crippen molar-refractivity contribution in [2.24, 2.45) is 0 Å². The summed E-state index contributed by atoms with van der Waals surface area (Å²) < 4.78 is 0. The Morgan fingerprint density at radius 1 is 1.00 bits per heavy atom. The molecule has 1 fully saturated rings. The van der Waals surface area contributed by atoms with Crippen molar-refractivity contribution in [3.63, 3.8) is 0 Å². The molecule has 184 valence electrons. The van der Waals surface area contributed by atoms with Crippen LogP contribution in [0.3, 0.4) is 0 Å². The maximum absolute atomic E-state index is 13.6. The first-order chi connectivity index (χ1) is 17.6. The third-order valence-corrected chi connectivity index (χ3v) is 6.79. The van der Waals surface area contributed by atoms with Gasteiger partial charge in [-0.1, -0.05) is 12.1 Å².